The van der Waals surface area contributed by atoms with Gasteiger partial charge in [-0.1, -0.05) is 25.0 Å². The summed E-state index contributed by atoms with van der Waals surface area (Å²) in [7, 11) is 1.63. The quantitative estimate of drug-likeness (QED) is 0.683. The van der Waals surface area contributed by atoms with Crippen LogP contribution in [-0.2, 0) is 17.9 Å². The monoisotopic (exact) mass is 424 g/mol. The van der Waals surface area contributed by atoms with E-state index in [1.54, 1.807) is 18.4 Å². The van der Waals surface area contributed by atoms with Gasteiger partial charge in [-0.2, -0.15) is 0 Å². The van der Waals surface area contributed by atoms with Gasteiger partial charge in [0.1, 0.15) is 6.61 Å². The molecule has 0 saturated heterocycles. The lowest BCUT2D eigenvalue weighted by Crippen LogP contribution is -2.53. The van der Waals surface area contributed by atoms with Crippen molar-refractivity contribution >= 4 is 29.7 Å². The number of carbonyl (C=O) groups is 1. The number of nitrogens with zero attached hydrogens (tertiary/aromatic N) is 1. The highest BCUT2D eigenvalue weighted by Crippen LogP contribution is 2.32. The first-order valence-corrected chi connectivity index (χ1v) is 10.3. The highest BCUT2D eigenvalue weighted by atomic mass is 35.5. The molecule has 0 unspecified atom stereocenters. The Balaban J connectivity index is 0.00000280. The molecule has 1 fully saturated rings. The number of benzene rings is 1. The largest absolute Gasteiger partial charge is 0.493 e. The zero-order chi connectivity index (χ0) is 19.3. The van der Waals surface area contributed by atoms with Crippen molar-refractivity contribution in [2.45, 2.75) is 51.3 Å². The molecule has 0 radical (unpaired) electrons. The van der Waals surface area contributed by atoms with Crippen molar-refractivity contribution in [1.82, 2.24) is 4.90 Å². The maximum atomic E-state index is 12.9. The standard InChI is InChI=1S/C21H28N2O3S.ClH/c1-3-23(20(24)21(22)10-4-5-11-21)14-16-8-9-18(19(13-16)25-2)26-15-17-7-6-12-27-17;/h6-9,12-13H,3-5,10-11,14-15,22H2,1-2H3;1H. The molecular weight excluding hydrogens is 396 g/mol. The Morgan fingerprint density at radius 2 is 2.00 bits per heavy atom. The van der Waals surface area contributed by atoms with Gasteiger partial charge in [-0.05, 0) is 48.9 Å². The zero-order valence-corrected chi connectivity index (χ0v) is 18.1. The van der Waals surface area contributed by atoms with E-state index < -0.39 is 5.54 Å². The second-order valence-corrected chi connectivity index (χ2v) is 8.07. The van der Waals surface area contributed by atoms with Gasteiger partial charge in [0, 0.05) is 18.0 Å². The van der Waals surface area contributed by atoms with Crippen LogP contribution in [0.25, 0.3) is 0 Å². The fourth-order valence-corrected chi connectivity index (χ4v) is 4.17. The van der Waals surface area contributed by atoms with E-state index in [4.69, 9.17) is 15.2 Å². The van der Waals surface area contributed by atoms with Crippen LogP contribution < -0.4 is 15.2 Å². The molecule has 3 rings (SSSR count). The van der Waals surface area contributed by atoms with Crippen molar-refractivity contribution in [3.8, 4) is 11.5 Å². The Kier molecular flexibility index (Phi) is 8.16. The summed E-state index contributed by atoms with van der Waals surface area (Å²) in [6.07, 6.45) is 3.62. The van der Waals surface area contributed by atoms with E-state index in [1.165, 1.54) is 0 Å². The number of methoxy groups -OCH3 is 1. The van der Waals surface area contributed by atoms with E-state index in [9.17, 15) is 4.79 Å². The van der Waals surface area contributed by atoms with E-state index in [-0.39, 0.29) is 18.3 Å². The molecule has 2 N–H and O–H groups in total. The normalized spacial score (nSPS) is 15.0. The summed E-state index contributed by atoms with van der Waals surface area (Å²) < 4.78 is 11.4. The molecule has 0 bridgehead atoms. The number of likely N-dealkylation sites (N-methyl/N-ethyl adjacent to an activating group) is 1. The third-order valence-corrected chi connectivity index (χ3v) is 5.99. The Labute approximate surface area is 177 Å². The van der Waals surface area contributed by atoms with Crippen molar-refractivity contribution in [3.05, 3.63) is 46.2 Å². The summed E-state index contributed by atoms with van der Waals surface area (Å²) in [6.45, 7) is 3.67. The molecule has 1 heterocycles. The number of carbonyl (C=O) groups excluding carboxylic acids is 1. The van der Waals surface area contributed by atoms with Crippen LogP contribution in [0, 0.1) is 0 Å². The molecule has 0 atom stereocenters. The number of thiophene rings is 1. The highest BCUT2D eigenvalue weighted by molar-refractivity contribution is 7.09. The molecule has 7 heteroatoms. The Morgan fingerprint density at radius 3 is 2.61 bits per heavy atom. The lowest BCUT2D eigenvalue weighted by atomic mass is 9.97. The Hall–Kier alpha value is -1.76. The molecule has 154 valence electrons. The average molecular weight is 425 g/mol. The van der Waals surface area contributed by atoms with Crippen LogP contribution in [0.15, 0.2) is 35.7 Å². The van der Waals surface area contributed by atoms with E-state index in [0.717, 1.165) is 36.1 Å². The first-order valence-electron chi connectivity index (χ1n) is 9.46. The van der Waals surface area contributed by atoms with Crippen LogP contribution in [0.2, 0.25) is 0 Å². The van der Waals surface area contributed by atoms with Crippen LogP contribution in [-0.4, -0.2) is 30.0 Å². The molecule has 5 nitrogen and oxygen atoms in total. The minimum Gasteiger partial charge on any atom is -0.493 e. The molecule has 1 aliphatic carbocycles. The van der Waals surface area contributed by atoms with Crippen molar-refractivity contribution in [1.29, 1.82) is 0 Å². The second-order valence-electron chi connectivity index (χ2n) is 7.04. The number of hydrogen-bond donors (Lipinski definition) is 1. The van der Waals surface area contributed by atoms with E-state index in [1.807, 2.05) is 47.5 Å². The minimum absolute atomic E-state index is 0. The summed E-state index contributed by atoms with van der Waals surface area (Å²) in [5.41, 5.74) is 6.68. The smallest absolute Gasteiger partial charge is 0.242 e. The zero-order valence-electron chi connectivity index (χ0n) is 16.5. The molecule has 0 spiro atoms. The Morgan fingerprint density at radius 1 is 1.25 bits per heavy atom. The number of ether oxygens (including phenoxy) is 2. The Bertz CT molecular complexity index is 761. The third kappa shape index (κ3) is 5.19. The molecule has 1 amide bonds. The van der Waals surface area contributed by atoms with E-state index >= 15 is 0 Å². The van der Waals surface area contributed by atoms with Gasteiger partial charge in [0.25, 0.3) is 0 Å². The topological polar surface area (TPSA) is 64.8 Å². The predicted octanol–water partition coefficient (Wildman–Crippen LogP) is 4.38. The van der Waals surface area contributed by atoms with Gasteiger partial charge < -0.3 is 20.1 Å². The van der Waals surface area contributed by atoms with Crippen molar-refractivity contribution in [2.24, 2.45) is 5.73 Å². The van der Waals surface area contributed by atoms with Crippen LogP contribution in [0.4, 0.5) is 0 Å². The summed E-state index contributed by atoms with van der Waals surface area (Å²) in [5, 5.41) is 2.03. The van der Waals surface area contributed by atoms with Gasteiger partial charge >= 0.3 is 0 Å². The molecule has 1 aliphatic rings. The van der Waals surface area contributed by atoms with Crippen molar-refractivity contribution in [2.75, 3.05) is 13.7 Å². The van der Waals surface area contributed by atoms with Crippen LogP contribution >= 0.6 is 23.7 Å². The van der Waals surface area contributed by atoms with Gasteiger partial charge in [0.15, 0.2) is 11.5 Å². The maximum absolute atomic E-state index is 12.9. The van der Waals surface area contributed by atoms with Gasteiger partial charge in [0.05, 0.1) is 12.6 Å². The summed E-state index contributed by atoms with van der Waals surface area (Å²) in [6, 6.07) is 9.89. The second kappa shape index (κ2) is 10.1. The first kappa shape index (κ1) is 22.5. The highest BCUT2D eigenvalue weighted by Gasteiger charge is 2.39. The van der Waals surface area contributed by atoms with Gasteiger partial charge in [-0.25, -0.2) is 0 Å². The van der Waals surface area contributed by atoms with E-state index in [2.05, 4.69) is 0 Å². The van der Waals surface area contributed by atoms with Gasteiger partial charge in [-0.15, -0.1) is 23.7 Å². The predicted molar refractivity (Wildman–Crippen MR) is 115 cm³/mol. The van der Waals surface area contributed by atoms with E-state index in [0.29, 0.717) is 31.2 Å². The molecule has 1 aromatic heterocycles. The summed E-state index contributed by atoms with van der Waals surface area (Å²) in [5.74, 6) is 1.44. The van der Waals surface area contributed by atoms with Gasteiger partial charge in [0.2, 0.25) is 5.91 Å². The molecule has 0 aliphatic heterocycles. The molecule has 2 aromatic rings. The number of rotatable bonds is 8. The van der Waals surface area contributed by atoms with Crippen molar-refractivity contribution in [3.63, 3.8) is 0 Å². The van der Waals surface area contributed by atoms with Crippen LogP contribution in [0.3, 0.4) is 0 Å². The third-order valence-electron chi connectivity index (χ3n) is 5.14. The summed E-state index contributed by atoms with van der Waals surface area (Å²) >= 11 is 1.66. The summed E-state index contributed by atoms with van der Waals surface area (Å²) in [4.78, 5) is 15.9. The molecule has 28 heavy (non-hydrogen) atoms. The maximum Gasteiger partial charge on any atom is 0.242 e. The lowest BCUT2D eigenvalue weighted by Gasteiger charge is -2.31. The number of hydrogen-bond acceptors (Lipinski definition) is 5. The number of amides is 1. The SMILES string of the molecule is CCN(Cc1ccc(OCc2cccs2)c(OC)c1)C(=O)C1(N)CCCC1.Cl. The average Bonchev–Trinajstić information content (AvgIpc) is 3.36. The van der Waals surface area contributed by atoms with Crippen LogP contribution in [0.5, 0.6) is 11.5 Å². The number of halogens is 1. The first-order chi connectivity index (χ1) is 13.1. The van der Waals surface area contributed by atoms with Crippen molar-refractivity contribution < 1.29 is 14.3 Å². The van der Waals surface area contributed by atoms with Gasteiger partial charge in [-0.3, -0.25) is 4.79 Å². The molecule has 1 aromatic carbocycles. The minimum atomic E-state index is -0.691. The lowest BCUT2D eigenvalue weighted by molar-refractivity contribution is -0.137. The molecular formula is C21H29ClN2O3S. The molecule has 1 saturated carbocycles. The fourth-order valence-electron chi connectivity index (χ4n) is 3.56. The van der Waals surface area contributed by atoms with Crippen LogP contribution in [0.1, 0.15) is 43.0 Å². The number of nitrogens with two attached hydrogens (primary N) is 1. The fraction of sp³-hybridized carbons (Fsp3) is 0.476.